The highest BCUT2D eigenvalue weighted by atomic mass is 16.4. The molecule has 0 radical (unpaired) electrons. The van der Waals surface area contributed by atoms with E-state index < -0.39 is 17.9 Å². The van der Waals surface area contributed by atoms with E-state index in [9.17, 15) is 14.7 Å². The molecule has 1 heterocycles. The zero-order valence-electron chi connectivity index (χ0n) is 16.3. The van der Waals surface area contributed by atoms with Crippen molar-refractivity contribution < 1.29 is 14.7 Å². The molecule has 3 aromatic rings. The molecule has 0 unspecified atom stereocenters. The van der Waals surface area contributed by atoms with Gasteiger partial charge in [0, 0.05) is 12.1 Å². The maximum atomic E-state index is 13.4. The number of hydrogen-bond acceptors (Lipinski definition) is 2. The van der Waals surface area contributed by atoms with Crippen LogP contribution in [-0.2, 0) is 11.2 Å². The van der Waals surface area contributed by atoms with Crippen LogP contribution >= 0.6 is 0 Å². The summed E-state index contributed by atoms with van der Waals surface area (Å²) < 4.78 is 0. The molecule has 1 N–H and O–H groups in total. The zero-order chi connectivity index (χ0) is 20.4. The topological polar surface area (TPSA) is 57.6 Å². The smallest absolute Gasteiger partial charge is 0.313 e. The van der Waals surface area contributed by atoms with Crippen molar-refractivity contribution >= 4 is 11.9 Å². The molecule has 0 bridgehead atoms. The number of benzene rings is 3. The van der Waals surface area contributed by atoms with E-state index >= 15 is 0 Å². The first kappa shape index (κ1) is 18.9. The quantitative estimate of drug-likeness (QED) is 0.698. The van der Waals surface area contributed by atoms with Gasteiger partial charge in [-0.1, -0.05) is 72.8 Å². The fourth-order valence-electron chi connectivity index (χ4n) is 4.26. The van der Waals surface area contributed by atoms with Crippen molar-refractivity contribution in [2.75, 3.05) is 6.54 Å². The first-order valence-corrected chi connectivity index (χ1v) is 9.80. The van der Waals surface area contributed by atoms with Crippen LogP contribution < -0.4 is 0 Å². The molecule has 29 heavy (non-hydrogen) atoms. The summed E-state index contributed by atoms with van der Waals surface area (Å²) in [6, 6.07) is 24.3. The summed E-state index contributed by atoms with van der Waals surface area (Å²) in [6.45, 7) is 2.43. The molecular weight excluding hydrogens is 362 g/mol. The van der Waals surface area contributed by atoms with Gasteiger partial charge in [-0.15, -0.1) is 0 Å². The third-order valence-electron chi connectivity index (χ3n) is 5.70. The van der Waals surface area contributed by atoms with E-state index in [2.05, 4.69) is 0 Å². The Hall–Kier alpha value is -3.40. The Morgan fingerprint density at radius 1 is 0.897 bits per heavy atom. The Bertz CT molecular complexity index is 1040. The molecule has 1 aliphatic rings. The van der Waals surface area contributed by atoms with E-state index in [1.54, 1.807) is 29.2 Å². The third kappa shape index (κ3) is 3.54. The van der Waals surface area contributed by atoms with Crippen LogP contribution in [0.15, 0.2) is 78.9 Å². The number of fused-ring (bicyclic) bond motifs is 1. The van der Waals surface area contributed by atoms with Gasteiger partial charge in [-0.2, -0.15) is 0 Å². The van der Waals surface area contributed by atoms with Crippen molar-refractivity contribution in [2.45, 2.75) is 25.3 Å². The van der Waals surface area contributed by atoms with E-state index in [1.807, 2.05) is 61.5 Å². The summed E-state index contributed by atoms with van der Waals surface area (Å²) in [5, 5.41) is 10.2. The maximum Gasteiger partial charge on any atom is 0.313 e. The molecule has 3 aromatic carbocycles. The third-order valence-corrected chi connectivity index (χ3v) is 5.70. The monoisotopic (exact) mass is 385 g/mol. The molecule has 4 rings (SSSR count). The number of carboxylic acids is 1. The predicted octanol–water partition coefficient (Wildman–Crippen LogP) is 4.60. The second kappa shape index (κ2) is 7.92. The number of carbonyl (C=O) groups excluding carboxylic acids is 1. The fraction of sp³-hybridized carbons (Fsp3) is 0.200. The molecule has 0 fully saturated rings. The summed E-state index contributed by atoms with van der Waals surface area (Å²) in [5.74, 6) is -1.83. The van der Waals surface area contributed by atoms with Gasteiger partial charge in [0.25, 0.3) is 5.91 Å². The van der Waals surface area contributed by atoms with Gasteiger partial charge in [-0.25, -0.2) is 0 Å². The Balaban J connectivity index is 1.82. The standard InChI is InChI=1S/C25H23NO3/c1-17-9-5-6-12-19(17)23-22(25(28)29)20-13-7-8-14-21(20)24(27)26(23)16-15-18-10-3-2-4-11-18/h2-14,22-23H,15-16H2,1H3,(H,28,29)/t22-,23-/m0/s1. The molecule has 2 atom stereocenters. The van der Waals surface area contributed by atoms with E-state index in [1.165, 1.54) is 0 Å². The Labute approximate surface area is 170 Å². The van der Waals surface area contributed by atoms with Crippen LogP contribution in [-0.4, -0.2) is 28.4 Å². The molecule has 1 amide bonds. The number of hydrogen-bond donors (Lipinski definition) is 1. The van der Waals surface area contributed by atoms with Crippen LogP contribution in [0, 0.1) is 6.92 Å². The van der Waals surface area contributed by atoms with E-state index in [0.717, 1.165) is 16.7 Å². The van der Waals surface area contributed by atoms with Crippen molar-refractivity contribution in [3.8, 4) is 0 Å². The van der Waals surface area contributed by atoms with Gasteiger partial charge in [0.1, 0.15) is 5.92 Å². The van der Waals surface area contributed by atoms with Crippen LogP contribution in [0.5, 0.6) is 0 Å². The molecule has 0 aromatic heterocycles. The summed E-state index contributed by atoms with van der Waals surface area (Å²) in [5.41, 5.74) is 4.07. The zero-order valence-corrected chi connectivity index (χ0v) is 16.3. The number of aryl methyl sites for hydroxylation is 1. The van der Waals surface area contributed by atoms with E-state index in [0.29, 0.717) is 24.1 Å². The lowest BCUT2D eigenvalue weighted by Crippen LogP contribution is -2.46. The molecular formula is C25H23NO3. The predicted molar refractivity (Wildman–Crippen MR) is 112 cm³/mol. The van der Waals surface area contributed by atoms with Crippen LogP contribution in [0.2, 0.25) is 0 Å². The number of amides is 1. The minimum Gasteiger partial charge on any atom is -0.481 e. The first-order valence-electron chi connectivity index (χ1n) is 9.80. The first-order chi connectivity index (χ1) is 14.1. The van der Waals surface area contributed by atoms with Gasteiger partial charge in [0.05, 0.1) is 6.04 Å². The highest BCUT2D eigenvalue weighted by Gasteiger charge is 2.44. The lowest BCUT2D eigenvalue weighted by Gasteiger charge is -2.41. The maximum absolute atomic E-state index is 13.4. The lowest BCUT2D eigenvalue weighted by atomic mass is 9.78. The van der Waals surface area contributed by atoms with Crippen LogP contribution in [0.1, 0.15) is 44.6 Å². The highest BCUT2D eigenvalue weighted by Crippen LogP contribution is 2.43. The Morgan fingerprint density at radius 2 is 1.52 bits per heavy atom. The van der Waals surface area contributed by atoms with Crippen molar-refractivity contribution in [3.05, 3.63) is 107 Å². The van der Waals surface area contributed by atoms with Crippen molar-refractivity contribution in [1.29, 1.82) is 0 Å². The Kier molecular flexibility index (Phi) is 5.17. The minimum absolute atomic E-state index is 0.109. The average molecular weight is 385 g/mol. The normalized spacial score (nSPS) is 18.4. The molecule has 4 nitrogen and oxygen atoms in total. The molecule has 0 spiro atoms. The van der Waals surface area contributed by atoms with Crippen molar-refractivity contribution in [2.24, 2.45) is 0 Å². The van der Waals surface area contributed by atoms with Gasteiger partial charge in [-0.05, 0) is 41.7 Å². The molecule has 0 saturated heterocycles. The summed E-state index contributed by atoms with van der Waals surface area (Å²) in [7, 11) is 0. The second-order valence-electron chi connectivity index (χ2n) is 7.44. The second-order valence-corrected chi connectivity index (χ2v) is 7.44. The van der Waals surface area contributed by atoms with Gasteiger partial charge in [0.15, 0.2) is 0 Å². The molecule has 4 heteroatoms. The van der Waals surface area contributed by atoms with Gasteiger partial charge in [0.2, 0.25) is 0 Å². The minimum atomic E-state index is -0.914. The van der Waals surface area contributed by atoms with Crippen LogP contribution in [0.25, 0.3) is 0 Å². The number of nitrogens with zero attached hydrogens (tertiary/aromatic N) is 1. The van der Waals surface area contributed by atoms with Crippen LogP contribution in [0.3, 0.4) is 0 Å². The van der Waals surface area contributed by atoms with E-state index in [-0.39, 0.29) is 5.91 Å². The van der Waals surface area contributed by atoms with Crippen LogP contribution in [0.4, 0.5) is 0 Å². The van der Waals surface area contributed by atoms with Crippen molar-refractivity contribution in [1.82, 2.24) is 4.90 Å². The molecule has 0 saturated carbocycles. The average Bonchev–Trinajstić information content (AvgIpc) is 2.74. The van der Waals surface area contributed by atoms with Gasteiger partial charge < -0.3 is 10.0 Å². The SMILES string of the molecule is Cc1ccccc1[C@H]1[C@@H](C(=O)O)c2ccccc2C(=O)N1CCc1ccccc1. The summed E-state index contributed by atoms with van der Waals surface area (Å²) >= 11 is 0. The lowest BCUT2D eigenvalue weighted by molar-refractivity contribution is -0.140. The highest BCUT2D eigenvalue weighted by molar-refractivity contribution is 6.00. The number of aliphatic carboxylic acids is 1. The fourth-order valence-corrected chi connectivity index (χ4v) is 4.26. The van der Waals surface area contributed by atoms with E-state index in [4.69, 9.17) is 0 Å². The summed E-state index contributed by atoms with van der Waals surface area (Å²) in [6.07, 6.45) is 0.670. The number of rotatable bonds is 5. The number of carbonyl (C=O) groups is 2. The van der Waals surface area contributed by atoms with Crippen molar-refractivity contribution in [3.63, 3.8) is 0 Å². The largest absolute Gasteiger partial charge is 0.481 e. The van der Waals surface area contributed by atoms with Gasteiger partial charge in [-0.3, -0.25) is 9.59 Å². The molecule has 1 aliphatic heterocycles. The van der Waals surface area contributed by atoms with Gasteiger partial charge >= 0.3 is 5.97 Å². The number of carboxylic acid groups (broad SMARTS) is 1. The molecule has 0 aliphatic carbocycles. The Morgan fingerprint density at radius 3 is 2.21 bits per heavy atom. The summed E-state index contributed by atoms with van der Waals surface area (Å²) in [4.78, 5) is 27.6. The molecule has 146 valence electrons.